The molecule has 2 aliphatic rings. The molecule has 2 fully saturated rings. The fourth-order valence-electron chi connectivity index (χ4n) is 4.56. The molecule has 140 valence electrons. The number of amides is 4. The molecule has 1 aliphatic carbocycles. The van der Waals surface area contributed by atoms with Crippen molar-refractivity contribution in [1.82, 2.24) is 10.2 Å². The van der Waals surface area contributed by atoms with Gasteiger partial charge in [0.2, 0.25) is 5.91 Å². The third-order valence-corrected chi connectivity index (χ3v) is 5.10. The highest BCUT2D eigenvalue weighted by molar-refractivity contribution is 6.10. The number of phenols is 1. The van der Waals surface area contributed by atoms with Crippen LogP contribution in [-0.4, -0.2) is 39.9 Å². The Morgan fingerprint density at radius 3 is 2.65 bits per heavy atom. The van der Waals surface area contributed by atoms with Gasteiger partial charge in [0.25, 0.3) is 5.91 Å². The van der Waals surface area contributed by atoms with E-state index in [1.54, 1.807) is 18.2 Å². The molecule has 3 N–H and O–H groups in total. The molecule has 3 rings (SSSR count). The van der Waals surface area contributed by atoms with Crippen LogP contribution < -0.4 is 10.6 Å². The third kappa shape index (κ3) is 3.38. The van der Waals surface area contributed by atoms with E-state index >= 15 is 0 Å². The van der Waals surface area contributed by atoms with Crippen LogP contribution in [0.5, 0.6) is 5.75 Å². The maximum atomic E-state index is 13.0. The van der Waals surface area contributed by atoms with Gasteiger partial charge in [-0.3, -0.25) is 14.5 Å². The Labute approximate surface area is 152 Å². The first-order chi connectivity index (χ1) is 12.1. The number of aromatic hydroxyl groups is 1. The number of urea groups is 1. The number of carbonyl (C=O) groups is 3. The van der Waals surface area contributed by atoms with Crippen molar-refractivity contribution < 1.29 is 19.5 Å². The Morgan fingerprint density at radius 1 is 1.31 bits per heavy atom. The molecule has 1 aliphatic heterocycles. The first-order valence-electron chi connectivity index (χ1n) is 8.84. The maximum Gasteiger partial charge on any atom is 0.325 e. The second kappa shape index (κ2) is 6.30. The first-order valence-corrected chi connectivity index (χ1v) is 8.84. The van der Waals surface area contributed by atoms with Crippen LogP contribution in [0, 0.1) is 11.3 Å². The zero-order chi connectivity index (χ0) is 19.1. The van der Waals surface area contributed by atoms with E-state index in [0.717, 1.165) is 11.3 Å². The molecule has 1 spiro atoms. The van der Waals surface area contributed by atoms with Gasteiger partial charge < -0.3 is 15.7 Å². The highest BCUT2D eigenvalue weighted by Gasteiger charge is 2.56. The maximum absolute atomic E-state index is 13.0. The van der Waals surface area contributed by atoms with E-state index in [0.29, 0.717) is 18.8 Å². The number of benzene rings is 1. The Bertz CT molecular complexity index is 761. The second-order valence-electron chi connectivity index (χ2n) is 8.32. The number of imide groups is 1. The van der Waals surface area contributed by atoms with E-state index in [9.17, 15) is 19.5 Å². The van der Waals surface area contributed by atoms with Crippen LogP contribution in [0.25, 0.3) is 0 Å². The van der Waals surface area contributed by atoms with E-state index in [2.05, 4.69) is 31.4 Å². The Hall–Kier alpha value is -2.57. The number of para-hydroxylation sites is 2. The van der Waals surface area contributed by atoms with Crippen molar-refractivity contribution in [3.63, 3.8) is 0 Å². The lowest BCUT2D eigenvalue weighted by molar-refractivity contribution is -0.136. The molecule has 2 atom stereocenters. The molecule has 0 aromatic heterocycles. The second-order valence-corrected chi connectivity index (χ2v) is 8.32. The summed E-state index contributed by atoms with van der Waals surface area (Å²) < 4.78 is 0. The van der Waals surface area contributed by atoms with Gasteiger partial charge in [-0.25, -0.2) is 4.79 Å². The van der Waals surface area contributed by atoms with Crippen molar-refractivity contribution in [2.75, 3.05) is 11.9 Å². The number of rotatable bonds is 3. The SMILES string of the molecule is CC1CC(C)(C)CC2(C1)NC(=O)N(CC(=O)Nc1ccccc1O)C2=O. The molecular weight excluding hydrogens is 334 g/mol. The number of hydrogen-bond acceptors (Lipinski definition) is 4. The molecule has 0 radical (unpaired) electrons. The smallest absolute Gasteiger partial charge is 0.325 e. The largest absolute Gasteiger partial charge is 0.506 e. The Morgan fingerprint density at radius 2 is 2.00 bits per heavy atom. The van der Waals surface area contributed by atoms with Crippen LogP contribution in [0.1, 0.15) is 40.0 Å². The lowest BCUT2D eigenvalue weighted by Gasteiger charge is -2.43. The van der Waals surface area contributed by atoms with Gasteiger partial charge in [-0.1, -0.05) is 32.9 Å². The molecule has 1 saturated heterocycles. The Kier molecular flexibility index (Phi) is 4.42. The normalized spacial score (nSPS) is 27.5. The van der Waals surface area contributed by atoms with Gasteiger partial charge in [-0.05, 0) is 42.7 Å². The standard InChI is InChI=1S/C19H25N3O4/c1-12-8-18(2,3)11-19(9-12)16(25)22(17(26)21-19)10-15(24)20-13-6-4-5-7-14(13)23/h4-7,12,23H,8-11H2,1-3H3,(H,20,24)(H,21,26). The summed E-state index contributed by atoms with van der Waals surface area (Å²) in [7, 11) is 0. The fraction of sp³-hybridized carbons (Fsp3) is 0.526. The van der Waals surface area contributed by atoms with Crippen molar-refractivity contribution in [3.8, 4) is 5.75 Å². The number of nitrogens with one attached hydrogen (secondary N) is 2. The van der Waals surface area contributed by atoms with E-state index in [-0.39, 0.29) is 29.3 Å². The van der Waals surface area contributed by atoms with Gasteiger partial charge >= 0.3 is 6.03 Å². The summed E-state index contributed by atoms with van der Waals surface area (Å²) in [6.45, 7) is 5.89. The summed E-state index contributed by atoms with van der Waals surface area (Å²) in [5.74, 6) is -0.639. The topological polar surface area (TPSA) is 98.7 Å². The molecule has 1 aromatic carbocycles. The number of carbonyl (C=O) groups excluding carboxylic acids is 3. The zero-order valence-electron chi connectivity index (χ0n) is 15.3. The van der Waals surface area contributed by atoms with E-state index in [4.69, 9.17) is 0 Å². The zero-order valence-corrected chi connectivity index (χ0v) is 15.3. The number of phenolic OH excluding ortho intramolecular Hbond substituents is 1. The van der Waals surface area contributed by atoms with E-state index in [1.807, 2.05) is 0 Å². The van der Waals surface area contributed by atoms with E-state index in [1.165, 1.54) is 6.07 Å². The molecule has 7 heteroatoms. The molecule has 4 amide bonds. The highest BCUT2D eigenvalue weighted by Crippen LogP contribution is 2.46. The summed E-state index contributed by atoms with van der Waals surface area (Å²) in [6.07, 6.45) is 2.14. The predicted molar refractivity (Wildman–Crippen MR) is 96.5 cm³/mol. The summed E-state index contributed by atoms with van der Waals surface area (Å²) >= 11 is 0. The summed E-state index contributed by atoms with van der Waals surface area (Å²) in [6, 6.07) is 5.77. The van der Waals surface area contributed by atoms with Gasteiger partial charge in [-0.2, -0.15) is 0 Å². The average Bonchev–Trinajstić information content (AvgIpc) is 2.71. The molecule has 2 unspecified atom stereocenters. The minimum Gasteiger partial charge on any atom is -0.506 e. The summed E-state index contributed by atoms with van der Waals surface area (Å²) in [5, 5.41) is 15.1. The first kappa shape index (κ1) is 18.2. The van der Waals surface area contributed by atoms with Crippen molar-refractivity contribution >= 4 is 23.5 Å². The lowest BCUT2D eigenvalue weighted by atomic mass is 9.64. The predicted octanol–water partition coefficient (Wildman–Crippen LogP) is 2.47. The lowest BCUT2D eigenvalue weighted by Crippen LogP contribution is -2.54. The fourth-order valence-corrected chi connectivity index (χ4v) is 4.56. The highest BCUT2D eigenvalue weighted by atomic mass is 16.3. The van der Waals surface area contributed by atoms with Gasteiger partial charge in [-0.15, -0.1) is 0 Å². The van der Waals surface area contributed by atoms with Crippen molar-refractivity contribution in [3.05, 3.63) is 24.3 Å². The quantitative estimate of drug-likeness (QED) is 0.570. The monoisotopic (exact) mass is 359 g/mol. The number of anilines is 1. The minimum absolute atomic E-state index is 0.0608. The summed E-state index contributed by atoms with van der Waals surface area (Å²) in [5.41, 5.74) is -0.742. The van der Waals surface area contributed by atoms with Crippen molar-refractivity contribution in [2.45, 2.75) is 45.6 Å². The van der Waals surface area contributed by atoms with Gasteiger partial charge in [0.15, 0.2) is 0 Å². The molecule has 1 heterocycles. The average molecular weight is 359 g/mol. The van der Waals surface area contributed by atoms with Crippen molar-refractivity contribution in [1.29, 1.82) is 0 Å². The van der Waals surface area contributed by atoms with Gasteiger partial charge in [0.1, 0.15) is 17.8 Å². The molecule has 26 heavy (non-hydrogen) atoms. The minimum atomic E-state index is -0.923. The number of hydrogen-bond donors (Lipinski definition) is 3. The van der Waals surface area contributed by atoms with Crippen LogP contribution in [0.15, 0.2) is 24.3 Å². The molecule has 0 bridgehead atoms. The molecular formula is C19H25N3O4. The van der Waals surface area contributed by atoms with Crippen LogP contribution in [0.2, 0.25) is 0 Å². The summed E-state index contributed by atoms with van der Waals surface area (Å²) in [4.78, 5) is 38.6. The molecule has 1 saturated carbocycles. The third-order valence-electron chi connectivity index (χ3n) is 5.10. The van der Waals surface area contributed by atoms with Gasteiger partial charge in [0, 0.05) is 0 Å². The van der Waals surface area contributed by atoms with Crippen LogP contribution in [0.3, 0.4) is 0 Å². The van der Waals surface area contributed by atoms with Crippen LogP contribution in [0.4, 0.5) is 10.5 Å². The van der Waals surface area contributed by atoms with Crippen molar-refractivity contribution in [2.24, 2.45) is 11.3 Å². The van der Waals surface area contributed by atoms with E-state index < -0.39 is 17.5 Å². The van der Waals surface area contributed by atoms with Crippen LogP contribution >= 0.6 is 0 Å². The Balaban J connectivity index is 1.73. The molecule has 1 aromatic rings. The molecule has 7 nitrogen and oxygen atoms in total. The number of nitrogens with zero attached hydrogens (tertiary/aromatic N) is 1. The van der Waals surface area contributed by atoms with Crippen LogP contribution in [-0.2, 0) is 9.59 Å². The van der Waals surface area contributed by atoms with Gasteiger partial charge in [0.05, 0.1) is 5.69 Å².